The maximum absolute atomic E-state index is 12.5. The van der Waals surface area contributed by atoms with Crippen molar-refractivity contribution in [2.45, 2.75) is 4.90 Å². The van der Waals surface area contributed by atoms with Crippen LogP contribution in [0.25, 0.3) is 0 Å². The molecular formula is C13H11N3O6S. The minimum absolute atomic E-state index is 0.0226. The van der Waals surface area contributed by atoms with Gasteiger partial charge in [0.05, 0.1) is 4.92 Å². The highest BCUT2D eigenvalue weighted by Crippen LogP contribution is 2.28. The lowest BCUT2D eigenvalue weighted by atomic mass is 10.0. The third kappa shape index (κ3) is 3.18. The SMILES string of the molecule is NNS(=O)(=O)c1cccc([N+](=O)[O-])c1C(=O)c1ccc(O)cc1. The molecular weight excluding hydrogens is 326 g/mol. The van der Waals surface area contributed by atoms with Crippen LogP contribution in [0.1, 0.15) is 15.9 Å². The van der Waals surface area contributed by atoms with Gasteiger partial charge in [-0.25, -0.2) is 8.42 Å². The molecule has 0 fully saturated rings. The summed E-state index contributed by atoms with van der Waals surface area (Å²) in [7, 11) is -4.29. The molecule has 0 atom stereocenters. The fourth-order valence-electron chi connectivity index (χ4n) is 1.94. The third-order valence-electron chi connectivity index (χ3n) is 3.00. The molecule has 0 aliphatic rings. The van der Waals surface area contributed by atoms with E-state index in [-0.39, 0.29) is 11.3 Å². The molecule has 0 saturated heterocycles. The molecule has 2 rings (SSSR count). The molecule has 0 heterocycles. The molecule has 0 radical (unpaired) electrons. The van der Waals surface area contributed by atoms with Crippen molar-refractivity contribution in [2.24, 2.45) is 5.84 Å². The van der Waals surface area contributed by atoms with Crippen molar-refractivity contribution in [2.75, 3.05) is 0 Å². The second kappa shape index (κ2) is 6.12. The van der Waals surface area contributed by atoms with E-state index in [4.69, 9.17) is 5.84 Å². The highest BCUT2D eigenvalue weighted by atomic mass is 32.2. The smallest absolute Gasteiger partial charge is 0.281 e. The lowest BCUT2D eigenvalue weighted by Crippen LogP contribution is -2.31. The summed E-state index contributed by atoms with van der Waals surface area (Å²) in [4.78, 5) is 23.8. The molecule has 0 unspecified atom stereocenters. The maximum Gasteiger partial charge on any atom is 0.281 e. The van der Waals surface area contributed by atoms with E-state index < -0.39 is 36.9 Å². The first kappa shape index (κ1) is 16.5. The number of phenols is 1. The van der Waals surface area contributed by atoms with Gasteiger partial charge in [0.2, 0.25) is 5.78 Å². The number of phenolic OH excluding ortho intramolecular Hbond substituents is 1. The van der Waals surface area contributed by atoms with E-state index in [0.717, 1.165) is 18.2 Å². The van der Waals surface area contributed by atoms with Crippen molar-refractivity contribution < 1.29 is 23.2 Å². The van der Waals surface area contributed by atoms with E-state index in [9.17, 15) is 28.4 Å². The quantitative estimate of drug-likeness (QED) is 0.314. The number of nitrogens with zero attached hydrogens (tertiary/aromatic N) is 1. The zero-order valence-electron chi connectivity index (χ0n) is 11.5. The molecule has 2 aromatic carbocycles. The van der Waals surface area contributed by atoms with Gasteiger partial charge in [-0.2, -0.15) is 4.83 Å². The molecule has 2 aromatic rings. The van der Waals surface area contributed by atoms with E-state index in [1.54, 1.807) is 0 Å². The minimum atomic E-state index is -4.29. The Balaban J connectivity index is 2.75. The summed E-state index contributed by atoms with van der Waals surface area (Å²) in [5.41, 5.74) is -1.30. The fraction of sp³-hybridized carbons (Fsp3) is 0. The minimum Gasteiger partial charge on any atom is -0.508 e. The second-order valence-corrected chi connectivity index (χ2v) is 6.09. The number of nitrogens with one attached hydrogen (secondary N) is 1. The van der Waals surface area contributed by atoms with Gasteiger partial charge < -0.3 is 5.11 Å². The Labute approximate surface area is 130 Å². The van der Waals surface area contributed by atoms with E-state index >= 15 is 0 Å². The second-order valence-electron chi connectivity index (χ2n) is 4.40. The first-order valence-corrected chi connectivity index (χ1v) is 7.60. The zero-order chi connectivity index (χ0) is 17.2. The summed E-state index contributed by atoms with van der Waals surface area (Å²) >= 11 is 0. The number of aromatic hydroxyl groups is 1. The number of carbonyl (C=O) groups excluding carboxylic acids is 1. The van der Waals surface area contributed by atoms with Gasteiger partial charge in [-0.15, -0.1) is 0 Å². The number of nitrogens with two attached hydrogens (primary N) is 1. The molecule has 0 aliphatic heterocycles. The number of benzene rings is 2. The van der Waals surface area contributed by atoms with Gasteiger partial charge in [-0.1, -0.05) is 6.07 Å². The highest BCUT2D eigenvalue weighted by Gasteiger charge is 2.30. The largest absolute Gasteiger partial charge is 0.508 e. The Kier molecular flexibility index (Phi) is 4.40. The molecule has 0 bridgehead atoms. The number of carbonyl (C=O) groups is 1. The molecule has 120 valence electrons. The van der Waals surface area contributed by atoms with Crippen molar-refractivity contribution in [3.05, 3.63) is 63.7 Å². The van der Waals surface area contributed by atoms with Crippen LogP contribution >= 0.6 is 0 Å². The summed E-state index contributed by atoms with van der Waals surface area (Å²) in [6.45, 7) is 0. The van der Waals surface area contributed by atoms with E-state index in [0.29, 0.717) is 0 Å². The van der Waals surface area contributed by atoms with Crippen molar-refractivity contribution in [1.82, 2.24) is 4.83 Å². The third-order valence-corrected chi connectivity index (χ3v) is 4.23. The standard InChI is InChI=1S/C13H11N3O6S/c14-15-23(21,22)11-3-1-2-10(16(19)20)12(11)13(18)8-4-6-9(17)7-5-8/h1-7,15,17H,14H2. The molecule has 0 aromatic heterocycles. The Morgan fingerprint density at radius 2 is 1.78 bits per heavy atom. The summed E-state index contributed by atoms with van der Waals surface area (Å²) in [5, 5.41) is 20.4. The first-order valence-electron chi connectivity index (χ1n) is 6.11. The molecule has 10 heteroatoms. The molecule has 9 nitrogen and oxygen atoms in total. The van der Waals surface area contributed by atoms with Crippen LogP contribution in [0.2, 0.25) is 0 Å². The van der Waals surface area contributed by atoms with Gasteiger partial charge in [0.15, 0.2) is 0 Å². The number of hydrogen-bond acceptors (Lipinski definition) is 7. The molecule has 0 saturated carbocycles. The van der Waals surface area contributed by atoms with Crippen LogP contribution < -0.4 is 10.7 Å². The van der Waals surface area contributed by atoms with Gasteiger partial charge in [0.25, 0.3) is 15.7 Å². The van der Waals surface area contributed by atoms with Crippen LogP contribution in [0.4, 0.5) is 5.69 Å². The lowest BCUT2D eigenvalue weighted by Gasteiger charge is -2.09. The molecule has 0 aliphatic carbocycles. The normalized spacial score (nSPS) is 11.2. The topological polar surface area (TPSA) is 153 Å². The van der Waals surface area contributed by atoms with Crippen molar-refractivity contribution >= 4 is 21.5 Å². The average Bonchev–Trinajstić information content (AvgIpc) is 2.54. The van der Waals surface area contributed by atoms with Gasteiger partial charge >= 0.3 is 0 Å². The Hall–Kier alpha value is -2.82. The molecule has 4 N–H and O–H groups in total. The predicted octanol–water partition coefficient (Wildman–Crippen LogP) is 0.683. The fourth-order valence-corrected chi connectivity index (χ4v) is 2.80. The number of hydrogen-bond donors (Lipinski definition) is 3. The Bertz CT molecular complexity index is 877. The summed E-state index contributed by atoms with van der Waals surface area (Å²) in [6, 6.07) is 8.05. The van der Waals surface area contributed by atoms with Gasteiger partial charge in [-0.3, -0.25) is 20.8 Å². The van der Waals surface area contributed by atoms with Gasteiger partial charge in [0, 0.05) is 11.6 Å². The monoisotopic (exact) mass is 337 g/mol. The van der Waals surface area contributed by atoms with E-state index in [1.165, 1.54) is 29.1 Å². The number of hydrazine groups is 1. The molecule has 0 spiro atoms. The van der Waals surface area contributed by atoms with Crippen LogP contribution in [-0.4, -0.2) is 24.2 Å². The van der Waals surface area contributed by atoms with Crippen molar-refractivity contribution in [3.63, 3.8) is 0 Å². The summed E-state index contributed by atoms with van der Waals surface area (Å²) in [5.74, 6) is 3.95. The Morgan fingerprint density at radius 3 is 2.30 bits per heavy atom. The Morgan fingerprint density at radius 1 is 1.17 bits per heavy atom. The highest BCUT2D eigenvalue weighted by molar-refractivity contribution is 7.89. The average molecular weight is 337 g/mol. The molecule has 23 heavy (non-hydrogen) atoms. The lowest BCUT2D eigenvalue weighted by molar-refractivity contribution is -0.385. The number of sulfonamides is 1. The first-order chi connectivity index (χ1) is 10.8. The van der Waals surface area contributed by atoms with E-state index in [2.05, 4.69) is 0 Å². The van der Waals surface area contributed by atoms with Crippen LogP contribution in [0.5, 0.6) is 5.75 Å². The number of nitro benzene ring substituents is 1. The maximum atomic E-state index is 12.5. The number of rotatable bonds is 5. The summed E-state index contributed by atoms with van der Waals surface area (Å²) in [6.07, 6.45) is 0. The van der Waals surface area contributed by atoms with Crippen LogP contribution in [0.15, 0.2) is 47.4 Å². The molecule has 0 amide bonds. The van der Waals surface area contributed by atoms with Crippen LogP contribution in [0, 0.1) is 10.1 Å². The van der Waals surface area contributed by atoms with Crippen LogP contribution in [-0.2, 0) is 10.0 Å². The predicted molar refractivity (Wildman–Crippen MR) is 79.1 cm³/mol. The van der Waals surface area contributed by atoms with Crippen LogP contribution in [0.3, 0.4) is 0 Å². The zero-order valence-corrected chi connectivity index (χ0v) is 12.3. The number of nitro groups is 1. The van der Waals surface area contributed by atoms with Gasteiger partial charge in [0.1, 0.15) is 16.2 Å². The van der Waals surface area contributed by atoms with Gasteiger partial charge in [-0.05, 0) is 30.3 Å². The van der Waals surface area contributed by atoms with Crippen molar-refractivity contribution in [1.29, 1.82) is 0 Å². The number of ketones is 1. The van der Waals surface area contributed by atoms with E-state index in [1.807, 2.05) is 0 Å². The van der Waals surface area contributed by atoms with Crippen molar-refractivity contribution in [3.8, 4) is 5.75 Å². The summed E-state index contributed by atoms with van der Waals surface area (Å²) < 4.78 is 23.9.